The zero-order chi connectivity index (χ0) is 23.8. The lowest BCUT2D eigenvalue weighted by Crippen LogP contribution is -2.23. The van der Waals surface area contributed by atoms with Crippen molar-refractivity contribution in [1.29, 1.82) is 0 Å². The Kier molecular flexibility index (Phi) is 7.61. The third-order valence-corrected chi connectivity index (χ3v) is 5.55. The highest BCUT2D eigenvalue weighted by Gasteiger charge is 2.12. The van der Waals surface area contributed by atoms with E-state index in [9.17, 15) is 4.79 Å². The van der Waals surface area contributed by atoms with Crippen molar-refractivity contribution in [2.24, 2.45) is 0 Å². The van der Waals surface area contributed by atoms with E-state index in [1.165, 1.54) is 5.56 Å². The molecule has 4 nitrogen and oxygen atoms in total. The van der Waals surface area contributed by atoms with Crippen LogP contribution in [0.4, 0.5) is 0 Å². The molecular weight excluding hydrogens is 422 g/mol. The van der Waals surface area contributed by atoms with Crippen LogP contribution in [0.15, 0.2) is 97.1 Å². The van der Waals surface area contributed by atoms with Crippen LogP contribution in [0.25, 0.3) is 11.1 Å². The fourth-order valence-corrected chi connectivity index (χ4v) is 3.66. The van der Waals surface area contributed by atoms with Gasteiger partial charge in [0, 0.05) is 17.7 Å². The molecule has 0 bridgehead atoms. The molecule has 1 N–H and O–H groups in total. The Morgan fingerprint density at radius 2 is 1.50 bits per heavy atom. The maximum absolute atomic E-state index is 12.8. The first-order chi connectivity index (χ1) is 16.6. The van der Waals surface area contributed by atoms with Crippen molar-refractivity contribution >= 4 is 5.91 Å². The molecule has 0 spiro atoms. The molecule has 172 valence electrons. The second-order valence-electron chi connectivity index (χ2n) is 8.10. The van der Waals surface area contributed by atoms with Gasteiger partial charge in [-0.25, -0.2) is 0 Å². The monoisotopic (exact) mass is 451 g/mol. The van der Waals surface area contributed by atoms with Crippen molar-refractivity contribution in [3.63, 3.8) is 0 Å². The number of carbonyl (C=O) groups is 1. The first-order valence-corrected chi connectivity index (χ1v) is 11.5. The standard InChI is InChI=1S/C30H29NO3/c1-3-33-29-18-15-26(30(32)31-20-23-11-9-22(2)10-12-23)19-27(29)21-34-28-16-13-25(14-17-28)24-7-5-4-6-8-24/h4-19H,3,20-21H2,1-2H3,(H,31,32). The van der Waals surface area contributed by atoms with Crippen molar-refractivity contribution in [3.8, 4) is 22.6 Å². The molecule has 1 amide bonds. The van der Waals surface area contributed by atoms with Crippen LogP contribution in [0.2, 0.25) is 0 Å². The highest BCUT2D eigenvalue weighted by Crippen LogP contribution is 2.25. The number of nitrogens with one attached hydrogen (secondary N) is 1. The minimum Gasteiger partial charge on any atom is -0.493 e. The zero-order valence-corrected chi connectivity index (χ0v) is 19.6. The molecule has 4 rings (SSSR count). The topological polar surface area (TPSA) is 47.6 Å². The molecule has 0 saturated heterocycles. The molecule has 0 aliphatic carbocycles. The Labute approximate surface area is 201 Å². The lowest BCUT2D eigenvalue weighted by atomic mass is 10.1. The molecule has 34 heavy (non-hydrogen) atoms. The van der Waals surface area contributed by atoms with Gasteiger partial charge in [0.05, 0.1) is 6.61 Å². The third-order valence-electron chi connectivity index (χ3n) is 5.55. The van der Waals surface area contributed by atoms with Crippen LogP contribution in [0.1, 0.15) is 34.0 Å². The largest absolute Gasteiger partial charge is 0.493 e. The third kappa shape index (κ3) is 6.04. The number of ether oxygens (including phenoxy) is 2. The molecule has 0 heterocycles. The maximum atomic E-state index is 12.8. The van der Waals surface area contributed by atoms with Gasteiger partial charge < -0.3 is 14.8 Å². The molecule has 0 aromatic heterocycles. The number of amides is 1. The molecule has 0 saturated carbocycles. The summed E-state index contributed by atoms with van der Waals surface area (Å²) in [5, 5.41) is 2.99. The van der Waals surface area contributed by atoms with Gasteiger partial charge in [-0.1, -0.05) is 72.3 Å². The zero-order valence-electron chi connectivity index (χ0n) is 19.6. The number of aryl methyl sites for hydroxylation is 1. The molecule has 0 fully saturated rings. The molecule has 0 unspecified atom stereocenters. The Hall–Kier alpha value is -4.05. The number of carbonyl (C=O) groups excluding carboxylic acids is 1. The van der Waals surface area contributed by atoms with Gasteiger partial charge in [0.15, 0.2) is 0 Å². The average molecular weight is 452 g/mol. The predicted molar refractivity (Wildman–Crippen MR) is 136 cm³/mol. The van der Waals surface area contributed by atoms with Gasteiger partial charge in [-0.05, 0) is 60.9 Å². The quantitative estimate of drug-likeness (QED) is 0.313. The summed E-state index contributed by atoms with van der Waals surface area (Å²) in [6, 6.07) is 31.8. The summed E-state index contributed by atoms with van der Waals surface area (Å²) in [6.45, 7) is 5.31. The highest BCUT2D eigenvalue weighted by atomic mass is 16.5. The van der Waals surface area contributed by atoms with Crippen LogP contribution in [0, 0.1) is 6.92 Å². The first kappa shape index (κ1) is 23.1. The Balaban J connectivity index is 1.43. The minimum absolute atomic E-state index is 0.128. The van der Waals surface area contributed by atoms with Crippen LogP contribution < -0.4 is 14.8 Å². The fraction of sp³-hybridized carbons (Fsp3) is 0.167. The van der Waals surface area contributed by atoms with Crippen LogP contribution in [-0.2, 0) is 13.2 Å². The van der Waals surface area contributed by atoms with E-state index in [0.29, 0.717) is 25.3 Å². The normalized spacial score (nSPS) is 10.5. The van der Waals surface area contributed by atoms with E-state index < -0.39 is 0 Å². The van der Waals surface area contributed by atoms with E-state index in [1.807, 2.05) is 92.7 Å². The predicted octanol–water partition coefficient (Wildman–Crippen LogP) is 6.57. The first-order valence-electron chi connectivity index (χ1n) is 11.5. The van der Waals surface area contributed by atoms with Gasteiger partial charge in [-0.15, -0.1) is 0 Å². The molecule has 4 aromatic carbocycles. The Bertz CT molecular complexity index is 1220. The SMILES string of the molecule is CCOc1ccc(C(=O)NCc2ccc(C)cc2)cc1COc1ccc(-c2ccccc2)cc1. The summed E-state index contributed by atoms with van der Waals surface area (Å²) in [5.74, 6) is 1.35. The van der Waals surface area contributed by atoms with E-state index in [1.54, 1.807) is 6.07 Å². The smallest absolute Gasteiger partial charge is 0.251 e. The van der Waals surface area contributed by atoms with Crippen LogP contribution >= 0.6 is 0 Å². The van der Waals surface area contributed by atoms with Crippen molar-refractivity contribution in [1.82, 2.24) is 5.32 Å². The van der Waals surface area contributed by atoms with Gasteiger partial charge in [-0.2, -0.15) is 0 Å². The fourth-order valence-electron chi connectivity index (χ4n) is 3.66. The lowest BCUT2D eigenvalue weighted by molar-refractivity contribution is 0.0950. The minimum atomic E-state index is -0.128. The molecule has 0 radical (unpaired) electrons. The van der Waals surface area contributed by atoms with Crippen LogP contribution in [0.3, 0.4) is 0 Å². The Morgan fingerprint density at radius 3 is 2.21 bits per heavy atom. The second kappa shape index (κ2) is 11.2. The van der Waals surface area contributed by atoms with Crippen molar-refractivity contribution in [2.45, 2.75) is 27.0 Å². The highest BCUT2D eigenvalue weighted by molar-refractivity contribution is 5.94. The van der Waals surface area contributed by atoms with Gasteiger partial charge >= 0.3 is 0 Å². The van der Waals surface area contributed by atoms with E-state index >= 15 is 0 Å². The molecule has 4 heteroatoms. The maximum Gasteiger partial charge on any atom is 0.251 e. The van der Waals surface area contributed by atoms with E-state index in [2.05, 4.69) is 17.4 Å². The molecule has 4 aromatic rings. The number of hydrogen-bond acceptors (Lipinski definition) is 3. The summed E-state index contributed by atoms with van der Waals surface area (Å²) in [7, 11) is 0. The summed E-state index contributed by atoms with van der Waals surface area (Å²) in [5.41, 5.74) is 5.96. The van der Waals surface area contributed by atoms with E-state index in [0.717, 1.165) is 33.8 Å². The molecule has 0 aliphatic heterocycles. The molecule has 0 atom stereocenters. The van der Waals surface area contributed by atoms with Gasteiger partial charge in [0.1, 0.15) is 18.1 Å². The van der Waals surface area contributed by atoms with E-state index in [-0.39, 0.29) is 5.91 Å². The molecule has 0 aliphatic rings. The second-order valence-corrected chi connectivity index (χ2v) is 8.10. The van der Waals surface area contributed by atoms with Crippen molar-refractivity contribution in [3.05, 3.63) is 119 Å². The van der Waals surface area contributed by atoms with Crippen LogP contribution in [0.5, 0.6) is 11.5 Å². The van der Waals surface area contributed by atoms with Gasteiger partial charge in [0.2, 0.25) is 0 Å². The number of benzene rings is 4. The Morgan fingerprint density at radius 1 is 0.794 bits per heavy atom. The average Bonchev–Trinajstić information content (AvgIpc) is 2.88. The van der Waals surface area contributed by atoms with Crippen LogP contribution in [-0.4, -0.2) is 12.5 Å². The number of hydrogen-bond donors (Lipinski definition) is 1. The molecular formula is C30H29NO3. The summed E-state index contributed by atoms with van der Waals surface area (Å²) >= 11 is 0. The number of rotatable bonds is 9. The summed E-state index contributed by atoms with van der Waals surface area (Å²) in [4.78, 5) is 12.8. The van der Waals surface area contributed by atoms with Gasteiger partial charge in [-0.3, -0.25) is 4.79 Å². The van der Waals surface area contributed by atoms with Crippen molar-refractivity contribution < 1.29 is 14.3 Å². The van der Waals surface area contributed by atoms with E-state index in [4.69, 9.17) is 9.47 Å². The lowest BCUT2D eigenvalue weighted by Gasteiger charge is -2.14. The summed E-state index contributed by atoms with van der Waals surface area (Å²) in [6.07, 6.45) is 0. The van der Waals surface area contributed by atoms with Crippen molar-refractivity contribution in [2.75, 3.05) is 6.61 Å². The van der Waals surface area contributed by atoms with Gasteiger partial charge in [0.25, 0.3) is 5.91 Å². The summed E-state index contributed by atoms with van der Waals surface area (Å²) < 4.78 is 11.8.